The van der Waals surface area contributed by atoms with E-state index in [1.807, 2.05) is 0 Å². The van der Waals surface area contributed by atoms with Crippen molar-refractivity contribution in [3.8, 4) is 0 Å². The molecule has 1 amide bonds. The number of rotatable bonds is 5. The molecule has 0 bridgehead atoms. The fraction of sp³-hybridized carbons (Fsp3) is 0.562. The standard InChI is InChI=1S/C16H23N3O2/c20-16(15-12-17-8-11-21-15)18-7-3-9-19-10-6-13-4-1-2-5-14(13)19/h1-2,4-5,15,17H,3,6-12H2,(H,18,20). The van der Waals surface area contributed by atoms with Crippen molar-refractivity contribution in [2.75, 3.05) is 44.2 Å². The van der Waals surface area contributed by atoms with Crippen LogP contribution in [0.15, 0.2) is 24.3 Å². The Morgan fingerprint density at radius 1 is 1.43 bits per heavy atom. The van der Waals surface area contributed by atoms with Crippen molar-refractivity contribution in [1.82, 2.24) is 10.6 Å². The summed E-state index contributed by atoms with van der Waals surface area (Å²) in [5.74, 6) is 0.00372. The van der Waals surface area contributed by atoms with Crippen molar-refractivity contribution in [3.05, 3.63) is 29.8 Å². The van der Waals surface area contributed by atoms with Crippen molar-refractivity contribution in [2.45, 2.75) is 18.9 Å². The Balaban J connectivity index is 1.38. The van der Waals surface area contributed by atoms with Crippen LogP contribution in [0, 0.1) is 0 Å². The van der Waals surface area contributed by atoms with Gasteiger partial charge in [-0.1, -0.05) is 18.2 Å². The van der Waals surface area contributed by atoms with Gasteiger partial charge in [0.25, 0.3) is 0 Å². The molecule has 2 N–H and O–H groups in total. The number of amides is 1. The molecule has 0 aliphatic carbocycles. The van der Waals surface area contributed by atoms with Gasteiger partial charge >= 0.3 is 0 Å². The topological polar surface area (TPSA) is 53.6 Å². The first-order chi connectivity index (χ1) is 10.3. The lowest BCUT2D eigenvalue weighted by molar-refractivity contribution is -0.134. The monoisotopic (exact) mass is 289 g/mol. The Morgan fingerprint density at radius 2 is 2.33 bits per heavy atom. The summed E-state index contributed by atoms with van der Waals surface area (Å²) in [6, 6.07) is 8.57. The molecular formula is C16H23N3O2. The second-order valence-corrected chi connectivity index (χ2v) is 5.57. The van der Waals surface area contributed by atoms with Gasteiger partial charge in [0.05, 0.1) is 6.61 Å². The van der Waals surface area contributed by atoms with Gasteiger partial charge in [0, 0.05) is 38.4 Å². The van der Waals surface area contributed by atoms with Crippen LogP contribution in [0.1, 0.15) is 12.0 Å². The fourth-order valence-electron chi connectivity index (χ4n) is 2.97. The summed E-state index contributed by atoms with van der Waals surface area (Å²) in [6.07, 6.45) is 1.76. The molecule has 2 heterocycles. The van der Waals surface area contributed by atoms with E-state index in [1.165, 1.54) is 11.3 Å². The maximum absolute atomic E-state index is 11.9. The van der Waals surface area contributed by atoms with Gasteiger partial charge in [0.15, 0.2) is 0 Å². The first-order valence-electron chi connectivity index (χ1n) is 7.77. The highest BCUT2D eigenvalue weighted by molar-refractivity contribution is 5.81. The molecule has 5 nitrogen and oxygen atoms in total. The zero-order chi connectivity index (χ0) is 14.5. The van der Waals surface area contributed by atoms with E-state index >= 15 is 0 Å². The maximum Gasteiger partial charge on any atom is 0.250 e. The van der Waals surface area contributed by atoms with E-state index in [-0.39, 0.29) is 12.0 Å². The fourth-order valence-corrected chi connectivity index (χ4v) is 2.97. The van der Waals surface area contributed by atoms with E-state index < -0.39 is 0 Å². The third-order valence-corrected chi connectivity index (χ3v) is 4.11. The molecule has 0 saturated carbocycles. The van der Waals surface area contributed by atoms with Crippen LogP contribution in [-0.2, 0) is 16.0 Å². The number of ether oxygens (including phenoxy) is 1. The minimum absolute atomic E-state index is 0.00372. The minimum atomic E-state index is -0.328. The summed E-state index contributed by atoms with van der Waals surface area (Å²) in [5, 5.41) is 6.14. The Labute approximate surface area is 125 Å². The van der Waals surface area contributed by atoms with E-state index in [2.05, 4.69) is 39.8 Å². The predicted molar refractivity (Wildman–Crippen MR) is 82.6 cm³/mol. The third-order valence-electron chi connectivity index (χ3n) is 4.11. The number of carbonyl (C=O) groups is 1. The van der Waals surface area contributed by atoms with Gasteiger partial charge in [-0.15, -0.1) is 0 Å². The molecule has 114 valence electrons. The van der Waals surface area contributed by atoms with Crippen LogP contribution in [0.4, 0.5) is 5.69 Å². The molecular weight excluding hydrogens is 266 g/mol. The lowest BCUT2D eigenvalue weighted by atomic mass is 10.2. The molecule has 0 aromatic heterocycles. The highest BCUT2D eigenvalue weighted by atomic mass is 16.5. The summed E-state index contributed by atoms with van der Waals surface area (Å²) in [6.45, 7) is 4.84. The Kier molecular flexibility index (Phi) is 4.72. The van der Waals surface area contributed by atoms with Crippen LogP contribution in [0.5, 0.6) is 0 Å². The normalized spacial score (nSPS) is 21.1. The molecule has 1 saturated heterocycles. The van der Waals surface area contributed by atoms with Gasteiger partial charge in [0.1, 0.15) is 6.10 Å². The van der Waals surface area contributed by atoms with E-state index in [0.717, 1.165) is 32.5 Å². The van der Waals surface area contributed by atoms with Crippen LogP contribution in [0.2, 0.25) is 0 Å². The quantitative estimate of drug-likeness (QED) is 0.777. The lowest BCUT2D eigenvalue weighted by Crippen LogP contribution is -2.48. The molecule has 0 spiro atoms. The zero-order valence-electron chi connectivity index (χ0n) is 12.3. The van der Waals surface area contributed by atoms with Crippen molar-refractivity contribution in [3.63, 3.8) is 0 Å². The van der Waals surface area contributed by atoms with Crippen molar-refractivity contribution < 1.29 is 9.53 Å². The number of benzene rings is 1. The number of nitrogens with one attached hydrogen (secondary N) is 2. The number of nitrogens with zero attached hydrogens (tertiary/aromatic N) is 1. The molecule has 1 fully saturated rings. The van der Waals surface area contributed by atoms with E-state index in [0.29, 0.717) is 19.7 Å². The molecule has 21 heavy (non-hydrogen) atoms. The number of hydrogen-bond acceptors (Lipinski definition) is 4. The summed E-state index contributed by atoms with van der Waals surface area (Å²) in [7, 11) is 0. The number of hydrogen-bond donors (Lipinski definition) is 2. The molecule has 1 aromatic carbocycles. The predicted octanol–water partition coefficient (Wildman–Crippen LogP) is 0.544. The third kappa shape index (κ3) is 3.54. The highest BCUT2D eigenvalue weighted by Crippen LogP contribution is 2.27. The van der Waals surface area contributed by atoms with Gasteiger partial charge in [-0.05, 0) is 24.5 Å². The van der Waals surface area contributed by atoms with Crippen LogP contribution in [0.3, 0.4) is 0 Å². The van der Waals surface area contributed by atoms with Gasteiger partial charge in [0.2, 0.25) is 5.91 Å². The lowest BCUT2D eigenvalue weighted by Gasteiger charge is -2.23. The molecule has 0 radical (unpaired) electrons. The van der Waals surface area contributed by atoms with Gasteiger partial charge in [-0.2, -0.15) is 0 Å². The highest BCUT2D eigenvalue weighted by Gasteiger charge is 2.21. The van der Waals surface area contributed by atoms with Crippen molar-refractivity contribution >= 4 is 11.6 Å². The first-order valence-corrected chi connectivity index (χ1v) is 7.77. The zero-order valence-corrected chi connectivity index (χ0v) is 12.3. The van der Waals surface area contributed by atoms with E-state index in [4.69, 9.17) is 4.74 Å². The molecule has 1 atom stereocenters. The largest absolute Gasteiger partial charge is 0.371 e. The second kappa shape index (κ2) is 6.91. The SMILES string of the molecule is O=C(NCCCN1CCc2ccccc21)C1CNCCO1. The Morgan fingerprint density at radius 3 is 3.19 bits per heavy atom. The van der Waals surface area contributed by atoms with Crippen molar-refractivity contribution in [1.29, 1.82) is 0 Å². The molecule has 2 aliphatic rings. The summed E-state index contributed by atoms with van der Waals surface area (Å²) in [5.41, 5.74) is 2.78. The molecule has 2 aliphatic heterocycles. The van der Waals surface area contributed by atoms with E-state index in [9.17, 15) is 4.79 Å². The molecule has 1 aromatic rings. The average molecular weight is 289 g/mol. The number of fused-ring (bicyclic) bond motifs is 1. The Hall–Kier alpha value is -1.59. The summed E-state index contributed by atoms with van der Waals surface area (Å²) in [4.78, 5) is 14.3. The number of morpholine rings is 1. The average Bonchev–Trinajstić information content (AvgIpc) is 2.95. The number of para-hydroxylation sites is 1. The van der Waals surface area contributed by atoms with Gasteiger partial charge in [-0.3, -0.25) is 4.79 Å². The molecule has 1 unspecified atom stereocenters. The number of carbonyl (C=O) groups excluding carboxylic acids is 1. The summed E-state index contributed by atoms with van der Waals surface area (Å²) >= 11 is 0. The first kappa shape index (κ1) is 14.4. The molecule has 3 rings (SSSR count). The summed E-state index contributed by atoms with van der Waals surface area (Å²) < 4.78 is 5.43. The van der Waals surface area contributed by atoms with Gasteiger partial charge in [-0.25, -0.2) is 0 Å². The second-order valence-electron chi connectivity index (χ2n) is 5.57. The van der Waals surface area contributed by atoms with Crippen molar-refractivity contribution in [2.24, 2.45) is 0 Å². The van der Waals surface area contributed by atoms with Crippen LogP contribution in [0.25, 0.3) is 0 Å². The smallest absolute Gasteiger partial charge is 0.250 e. The van der Waals surface area contributed by atoms with Gasteiger partial charge < -0.3 is 20.3 Å². The minimum Gasteiger partial charge on any atom is -0.371 e. The maximum atomic E-state index is 11.9. The van der Waals surface area contributed by atoms with Crippen LogP contribution >= 0.6 is 0 Å². The number of anilines is 1. The van der Waals surface area contributed by atoms with E-state index in [1.54, 1.807) is 0 Å². The molecule has 5 heteroatoms. The van der Waals surface area contributed by atoms with Crippen LogP contribution < -0.4 is 15.5 Å². The Bertz CT molecular complexity index is 486. The van der Waals surface area contributed by atoms with Crippen LogP contribution in [-0.4, -0.2) is 51.3 Å².